The highest BCUT2D eigenvalue weighted by Gasteiger charge is 2.25. The van der Waals surface area contributed by atoms with E-state index in [1.165, 1.54) is 18.5 Å². The number of hydrogen-bond acceptors (Lipinski definition) is 6. The van der Waals surface area contributed by atoms with Crippen LogP contribution in [0, 0.1) is 15.9 Å². The van der Waals surface area contributed by atoms with Crippen LogP contribution in [0.15, 0.2) is 73.1 Å². The van der Waals surface area contributed by atoms with Crippen molar-refractivity contribution in [3.63, 3.8) is 0 Å². The third-order valence-electron chi connectivity index (χ3n) is 4.30. The minimum atomic E-state index is -0.590. The van der Waals surface area contributed by atoms with Gasteiger partial charge < -0.3 is 10.1 Å². The minimum absolute atomic E-state index is 0.0181. The molecular weight excluding hydrogens is 375 g/mol. The number of fused-ring (bicyclic) bond motifs is 1. The predicted octanol–water partition coefficient (Wildman–Crippen LogP) is 5.08. The molecule has 0 fully saturated rings. The zero-order valence-electron chi connectivity index (χ0n) is 15.1. The maximum absolute atomic E-state index is 13.0. The summed E-state index contributed by atoms with van der Waals surface area (Å²) in [6, 6.07) is 18.8. The molecule has 29 heavy (non-hydrogen) atoms. The molecule has 0 bridgehead atoms. The van der Waals surface area contributed by atoms with Gasteiger partial charge in [0, 0.05) is 11.9 Å². The molecule has 0 aliphatic heterocycles. The van der Waals surface area contributed by atoms with E-state index in [-0.39, 0.29) is 29.7 Å². The normalized spacial score (nSPS) is 10.7. The molecule has 0 saturated heterocycles. The Morgan fingerprint density at radius 1 is 1.00 bits per heavy atom. The number of ether oxygens (including phenoxy) is 1. The first-order valence-corrected chi connectivity index (χ1v) is 8.75. The molecule has 0 unspecified atom stereocenters. The molecule has 0 aliphatic carbocycles. The number of nitrogens with zero attached hydrogens (tertiary/aromatic N) is 3. The summed E-state index contributed by atoms with van der Waals surface area (Å²) in [4.78, 5) is 19.1. The van der Waals surface area contributed by atoms with E-state index in [1.807, 2.05) is 30.3 Å². The van der Waals surface area contributed by atoms with Crippen molar-refractivity contribution in [1.82, 2.24) is 9.97 Å². The Hall–Kier alpha value is -4.07. The molecule has 144 valence electrons. The summed E-state index contributed by atoms with van der Waals surface area (Å²) in [6.07, 6.45) is 1.19. The number of rotatable bonds is 6. The average molecular weight is 390 g/mol. The summed E-state index contributed by atoms with van der Waals surface area (Å²) in [6.45, 7) is 0.228. The minimum Gasteiger partial charge on any atom is -0.433 e. The van der Waals surface area contributed by atoms with Crippen molar-refractivity contribution < 1.29 is 14.1 Å². The number of hydrogen-bond donors (Lipinski definition) is 1. The van der Waals surface area contributed by atoms with Crippen LogP contribution in [-0.4, -0.2) is 14.9 Å². The Bertz CT molecular complexity index is 1180. The van der Waals surface area contributed by atoms with E-state index in [1.54, 1.807) is 24.3 Å². The summed E-state index contributed by atoms with van der Waals surface area (Å²) < 4.78 is 18.9. The molecule has 0 amide bonds. The van der Waals surface area contributed by atoms with E-state index in [4.69, 9.17) is 4.74 Å². The molecule has 0 spiro atoms. The molecule has 0 aliphatic rings. The fourth-order valence-electron chi connectivity index (χ4n) is 2.91. The highest BCUT2D eigenvalue weighted by molar-refractivity contribution is 5.88. The Morgan fingerprint density at radius 2 is 1.76 bits per heavy atom. The molecular formula is C21H15FN4O3. The lowest BCUT2D eigenvalue weighted by atomic mass is 10.1. The van der Waals surface area contributed by atoms with E-state index in [0.717, 1.165) is 16.3 Å². The molecule has 8 heteroatoms. The monoisotopic (exact) mass is 390 g/mol. The first-order valence-electron chi connectivity index (χ1n) is 8.75. The highest BCUT2D eigenvalue weighted by atomic mass is 19.1. The van der Waals surface area contributed by atoms with Crippen molar-refractivity contribution in [2.45, 2.75) is 6.54 Å². The van der Waals surface area contributed by atoms with E-state index in [0.29, 0.717) is 5.75 Å². The van der Waals surface area contributed by atoms with E-state index >= 15 is 0 Å². The standard InChI is InChI=1S/C21H15FN4O3/c22-16-10-8-14(9-11-16)12-23-20-19(26(27)28)21(25-13-24-20)29-18-7-3-5-15-4-1-2-6-17(15)18/h1-11,13H,12H2,(H,23,24,25). The molecule has 1 aromatic heterocycles. The fourth-order valence-corrected chi connectivity index (χ4v) is 2.91. The van der Waals surface area contributed by atoms with E-state index in [2.05, 4.69) is 15.3 Å². The molecule has 4 aromatic rings. The van der Waals surface area contributed by atoms with Crippen LogP contribution >= 0.6 is 0 Å². The van der Waals surface area contributed by atoms with Gasteiger partial charge in [0.05, 0.1) is 4.92 Å². The van der Waals surface area contributed by atoms with Gasteiger partial charge in [-0.05, 0) is 29.1 Å². The average Bonchev–Trinajstić information content (AvgIpc) is 2.73. The molecule has 1 heterocycles. The van der Waals surface area contributed by atoms with Gasteiger partial charge in [-0.1, -0.05) is 48.5 Å². The van der Waals surface area contributed by atoms with Crippen molar-refractivity contribution in [1.29, 1.82) is 0 Å². The number of nitrogens with one attached hydrogen (secondary N) is 1. The van der Waals surface area contributed by atoms with Gasteiger partial charge in [0.2, 0.25) is 5.82 Å². The second-order valence-corrected chi connectivity index (χ2v) is 6.19. The molecule has 1 N–H and O–H groups in total. The number of halogens is 1. The Morgan fingerprint density at radius 3 is 2.55 bits per heavy atom. The second kappa shape index (κ2) is 7.89. The summed E-state index contributed by atoms with van der Waals surface area (Å²) in [5.74, 6) is -0.0468. The Kier molecular flexibility index (Phi) is 4.98. The third kappa shape index (κ3) is 3.96. The van der Waals surface area contributed by atoms with Crippen LogP contribution in [0.5, 0.6) is 11.6 Å². The fraction of sp³-hybridized carbons (Fsp3) is 0.0476. The molecule has 7 nitrogen and oxygen atoms in total. The molecule has 0 saturated carbocycles. The Labute approximate surface area is 165 Å². The van der Waals surface area contributed by atoms with Crippen LogP contribution in [0.3, 0.4) is 0 Å². The third-order valence-corrected chi connectivity index (χ3v) is 4.30. The summed E-state index contributed by atoms with van der Waals surface area (Å²) in [5, 5.41) is 16.4. The summed E-state index contributed by atoms with van der Waals surface area (Å²) in [7, 11) is 0. The van der Waals surface area contributed by atoms with Gasteiger partial charge in [-0.2, -0.15) is 4.98 Å². The van der Waals surface area contributed by atoms with Crippen LogP contribution < -0.4 is 10.1 Å². The maximum atomic E-state index is 13.0. The summed E-state index contributed by atoms with van der Waals surface area (Å²) >= 11 is 0. The first kappa shape index (κ1) is 18.3. The van der Waals surface area contributed by atoms with Gasteiger partial charge >= 0.3 is 11.6 Å². The van der Waals surface area contributed by atoms with Crippen molar-refractivity contribution in [3.05, 3.63) is 94.6 Å². The number of nitro groups is 1. The van der Waals surface area contributed by atoms with Crippen molar-refractivity contribution in [3.8, 4) is 11.6 Å². The zero-order chi connectivity index (χ0) is 20.2. The number of benzene rings is 3. The lowest BCUT2D eigenvalue weighted by Crippen LogP contribution is -2.07. The van der Waals surface area contributed by atoms with Gasteiger partial charge in [-0.3, -0.25) is 10.1 Å². The molecule has 4 rings (SSSR count). The maximum Gasteiger partial charge on any atom is 0.373 e. The van der Waals surface area contributed by atoms with Crippen LogP contribution in [0.2, 0.25) is 0 Å². The number of aromatic nitrogens is 2. The lowest BCUT2D eigenvalue weighted by molar-refractivity contribution is -0.385. The van der Waals surface area contributed by atoms with Crippen LogP contribution in [0.1, 0.15) is 5.56 Å². The molecule has 0 radical (unpaired) electrons. The van der Waals surface area contributed by atoms with Crippen molar-refractivity contribution in [2.24, 2.45) is 0 Å². The largest absolute Gasteiger partial charge is 0.433 e. The van der Waals surface area contributed by atoms with E-state index < -0.39 is 4.92 Å². The zero-order valence-corrected chi connectivity index (χ0v) is 15.1. The SMILES string of the molecule is O=[N+]([O-])c1c(NCc2ccc(F)cc2)ncnc1Oc1cccc2ccccc12. The van der Waals surface area contributed by atoms with Crippen LogP contribution in [-0.2, 0) is 6.54 Å². The van der Waals surface area contributed by atoms with Crippen molar-refractivity contribution in [2.75, 3.05) is 5.32 Å². The summed E-state index contributed by atoms with van der Waals surface area (Å²) in [5.41, 5.74) is 0.373. The topological polar surface area (TPSA) is 90.2 Å². The van der Waals surface area contributed by atoms with Crippen molar-refractivity contribution >= 4 is 22.3 Å². The van der Waals surface area contributed by atoms with Gasteiger partial charge in [-0.25, -0.2) is 9.37 Å². The predicted molar refractivity (Wildman–Crippen MR) is 106 cm³/mol. The van der Waals surface area contributed by atoms with Gasteiger partial charge in [-0.15, -0.1) is 0 Å². The van der Waals surface area contributed by atoms with Gasteiger partial charge in [0.15, 0.2) is 0 Å². The van der Waals surface area contributed by atoms with Gasteiger partial charge in [0.25, 0.3) is 0 Å². The quantitative estimate of drug-likeness (QED) is 0.365. The Balaban J connectivity index is 1.66. The lowest BCUT2D eigenvalue weighted by Gasteiger charge is -2.11. The molecule has 3 aromatic carbocycles. The van der Waals surface area contributed by atoms with Gasteiger partial charge in [0.1, 0.15) is 17.9 Å². The second-order valence-electron chi connectivity index (χ2n) is 6.19. The molecule has 0 atom stereocenters. The smallest absolute Gasteiger partial charge is 0.373 e. The van der Waals surface area contributed by atoms with E-state index in [9.17, 15) is 14.5 Å². The van der Waals surface area contributed by atoms with Crippen LogP contribution in [0.4, 0.5) is 15.9 Å². The van der Waals surface area contributed by atoms with Crippen LogP contribution in [0.25, 0.3) is 10.8 Å². The first-order chi connectivity index (χ1) is 14.1. The number of anilines is 1. The highest BCUT2D eigenvalue weighted by Crippen LogP contribution is 2.36.